The van der Waals surface area contributed by atoms with Gasteiger partial charge >= 0.3 is 0 Å². The Balaban J connectivity index is 1.87. The fourth-order valence-electron chi connectivity index (χ4n) is 2.40. The van der Waals surface area contributed by atoms with Gasteiger partial charge in [-0.15, -0.1) is 23.4 Å². The van der Waals surface area contributed by atoms with Crippen LogP contribution in [0.1, 0.15) is 11.5 Å². The van der Waals surface area contributed by atoms with E-state index in [1.54, 1.807) is 7.11 Å². The van der Waals surface area contributed by atoms with Crippen molar-refractivity contribution in [2.45, 2.75) is 16.2 Å². The Bertz CT molecular complexity index is 388. The minimum atomic E-state index is 0.0734. The van der Waals surface area contributed by atoms with E-state index in [2.05, 4.69) is 36.2 Å². The maximum atomic E-state index is 6.19. The van der Waals surface area contributed by atoms with Gasteiger partial charge in [0.1, 0.15) is 0 Å². The van der Waals surface area contributed by atoms with Gasteiger partial charge in [-0.3, -0.25) is 0 Å². The summed E-state index contributed by atoms with van der Waals surface area (Å²) >= 11 is 8.15. The minimum absolute atomic E-state index is 0.0734. The van der Waals surface area contributed by atoms with Gasteiger partial charge in [0.25, 0.3) is 0 Å². The molecule has 0 aromatic heterocycles. The molecule has 0 radical (unpaired) electrons. The Morgan fingerprint density at radius 3 is 3.06 bits per heavy atom. The molecule has 1 aromatic carbocycles. The summed E-state index contributed by atoms with van der Waals surface area (Å²) in [5.41, 5.74) is 1.49. The first-order chi connectivity index (χ1) is 8.70. The molecule has 0 saturated heterocycles. The quantitative estimate of drug-likeness (QED) is 0.746. The van der Waals surface area contributed by atoms with Gasteiger partial charge in [0.2, 0.25) is 0 Å². The van der Waals surface area contributed by atoms with E-state index in [-0.39, 0.29) is 5.38 Å². The number of rotatable bonds is 6. The van der Waals surface area contributed by atoms with Crippen molar-refractivity contribution in [1.29, 1.82) is 0 Å². The highest BCUT2D eigenvalue weighted by Crippen LogP contribution is 2.39. The van der Waals surface area contributed by atoms with Crippen LogP contribution in [-0.2, 0) is 4.74 Å². The van der Waals surface area contributed by atoms with Crippen LogP contribution in [0.5, 0.6) is 0 Å². The van der Waals surface area contributed by atoms with Crippen LogP contribution in [0.2, 0.25) is 0 Å². The van der Waals surface area contributed by atoms with Crippen LogP contribution in [0.4, 0.5) is 0 Å². The van der Waals surface area contributed by atoms with Crippen LogP contribution >= 0.6 is 23.4 Å². The normalized spacial score (nSPS) is 20.1. The largest absolute Gasteiger partial charge is 0.383 e. The molecule has 0 aliphatic carbocycles. The highest BCUT2D eigenvalue weighted by molar-refractivity contribution is 7.99. The van der Waals surface area contributed by atoms with Gasteiger partial charge in [0.15, 0.2) is 0 Å². The maximum Gasteiger partial charge on any atom is 0.0696 e. The summed E-state index contributed by atoms with van der Waals surface area (Å²) in [5.74, 6) is 1.81. The number of fused-ring (bicyclic) bond motifs is 1. The Morgan fingerprint density at radius 2 is 2.28 bits per heavy atom. The van der Waals surface area contributed by atoms with Crippen molar-refractivity contribution in [1.82, 2.24) is 4.90 Å². The lowest BCUT2D eigenvalue weighted by atomic mass is 10.0. The molecule has 4 heteroatoms. The second-order valence-electron chi connectivity index (χ2n) is 4.82. The Morgan fingerprint density at radius 1 is 1.50 bits per heavy atom. The smallest absolute Gasteiger partial charge is 0.0696 e. The molecule has 1 heterocycles. The first-order valence-corrected chi connectivity index (χ1v) is 7.66. The molecule has 0 N–H and O–H groups in total. The van der Waals surface area contributed by atoms with Crippen molar-refractivity contribution >= 4 is 23.4 Å². The van der Waals surface area contributed by atoms with Crippen molar-refractivity contribution in [2.24, 2.45) is 0 Å². The molecule has 0 amide bonds. The van der Waals surface area contributed by atoms with E-state index in [0.29, 0.717) is 12.5 Å². The number of thioether (sulfide) groups is 1. The fraction of sp³-hybridized carbons (Fsp3) is 0.571. The van der Waals surface area contributed by atoms with Crippen molar-refractivity contribution in [3.63, 3.8) is 0 Å². The maximum absolute atomic E-state index is 6.19. The van der Waals surface area contributed by atoms with Crippen LogP contribution < -0.4 is 0 Å². The van der Waals surface area contributed by atoms with Gasteiger partial charge in [0, 0.05) is 36.8 Å². The number of alkyl halides is 1. The number of benzene rings is 1. The second kappa shape index (κ2) is 6.80. The molecule has 0 spiro atoms. The van der Waals surface area contributed by atoms with E-state index in [1.807, 2.05) is 11.8 Å². The highest BCUT2D eigenvalue weighted by atomic mass is 35.5. The third-order valence-electron chi connectivity index (χ3n) is 3.19. The molecule has 1 aliphatic heterocycles. The average Bonchev–Trinajstić information content (AvgIpc) is 2.73. The predicted octanol–water partition coefficient (Wildman–Crippen LogP) is 3.06. The summed E-state index contributed by atoms with van der Waals surface area (Å²) < 4.78 is 5.07. The molecule has 2 nitrogen and oxygen atoms in total. The molecule has 2 rings (SSSR count). The van der Waals surface area contributed by atoms with Gasteiger partial charge in [-0.2, -0.15) is 0 Å². The molecule has 2 atom stereocenters. The lowest BCUT2D eigenvalue weighted by Crippen LogP contribution is -2.32. The van der Waals surface area contributed by atoms with E-state index in [0.717, 1.165) is 13.1 Å². The van der Waals surface area contributed by atoms with Crippen LogP contribution in [0, 0.1) is 0 Å². The number of methoxy groups -OCH3 is 1. The summed E-state index contributed by atoms with van der Waals surface area (Å²) in [7, 11) is 3.83. The van der Waals surface area contributed by atoms with E-state index < -0.39 is 0 Å². The second-order valence-corrected chi connectivity index (χ2v) is 6.50. The molecule has 100 valence electrons. The van der Waals surface area contributed by atoms with Gasteiger partial charge in [-0.1, -0.05) is 18.2 Å². The zero-order valence-electron chi connectivity index (χ0n) is 10.9. The molecule has 0 fully saturated rings. The lowest BCUT2D eigenvalue weighted by Gasteiger charge is -2.23. The summed E-state index contributed by atoms with van der Waals surface area (Å²) in [6, 6.07) is 8.72. The van der Waals surface area contributed by atoms with E-state index in [4.69, 9.17) is 16.3 Å². The third kappa shape index (κ3) is 3.64. The number of hydrogen-bond acceptors (Lipinski definition) is 3. The first-order valence-electron chi connectivity index (χ1n) is 6.24. The van der Waals surface area contributed by atoms with E-state index in [1.165, 1.54) is 16.2 Å². The topological polar surface area (TPSA) is 12.5 Å². The zero-order chi connectivity index (χ0) is 13.0. The fourth-order valence-corrected chi connectivity index (χ4v) is 4.01. The molecule has 1 aromatic rings. The van der Waals surface area contributed by atoms with E-state index >= 15 is 0 Å². The lowest BCUT2D eigenvalue weighted by molar-refractivity contribution is 0.181. The SMILES string of the molecule is COCC(Cl)CN(C)CC1CSc2ccccc21. The predicted molar refractivity (Wildman–Crippen MR) is 78.9 cm³/mol. The van der Waals surface area contributed by atoms with Crippen LogP contribution in [0.15, 0.2) is 29.2 Å². The number of ether oxygens (including phenoxy) is 1. The molecule has 0 saturated carbocycles. The van der Waals surface area contributed by atoms with Crippen molar-refractivity contribution < 1.29 is 4.74 Å². The van der Waals surface area contributed by atoms with E-state index in [9.17, 15) is 0 Å². The molecule has 18 heavy (non-hydrogen) atoms. The molecular weight excluding hydrogens is 266 g/mol. The minimum Gasteiger partial charge on any atom is -0.383 e. The molecule has 1 aliphatic rings. The van der Waals surface area contributed by atoms with Crippen LogP contribution in [0.3, 0.4) is 0 Å². The molecular formula is C14H20ClNOS. The molecule has 2 unspecified atom stereocenters. The zero-order valence-corrected chi connectivity index (χ0v) is 12.5. The standard InChI is InChI=1S/C14H20ClNOS/c1-16(8-12(15)9-17-2)7-11-10-18-14-6-4-3-5-13(11)14/h3-6,11-12H,7-10H2,1-2H3. The van der Waals surface area contributed by atoms with Crippen molar-refractivity contribution in [2.75, 3.05) is 39.6 Å². The van der Waals surface area contributed by atoms with Crippen LogP contribution in [-0.4, -0.2) is 49.9 Å². The Hall–Kier alpha value is -0.220. The third-order valence-corrected chi connectivity index (χ3v) is 4.70. The summed E-state index contributed by atoms with van der Waals surface area (Å²) in [4.78, 5) is 3.75. The average molecular weight is 286 g/mol. The number of nitrogens with zero attached hydrogens (tertiary/aromatic N) is 1. The Labute approximate surface area is 119 Å². The van der Waals surface area contributed by atoms with Crippen molar-refractivity contribution in [3.05, 3.63) is 29.8 Å². The van der Waals surface area contributed by atoms with Gasteiger partial charge in [-0.05, 0) is 18.7 Å². The highest BCUT2D eigenvalue weighted by Gasteiger charge is 2.24. The van der Waals surface area contributed by atoms with Gasteiger partial charge in [-0.25, -0.2) is 0 Å². The van der Waals surface area contributed by atoms with Crippen molar-refractivity contribution in [3.8, 4) is 0 Å². The first kappa shape index (κ1) is 14.2. The number of halogens is 1. The summed E-state index contributed by atoms with van der Waals surface area (Å²) in [6.45, 7) is 2.55. The monoisotopic (exact) mass is 285 g/mol. The number of hydrogen-bond donors (Lipinski definition) is 0. The summed E-state index contributed by atoms with van der Waals surface area (Å²) in [6.07, 6.45) is 0. The van der Waals surface area contributed by atoms with Gasteiger partial charge < -0.3 is 9.64 Å². The summed E-state index contributed by atoms with van der Waals surface area (Å²) in [5, 5.41) is 0.0734. The van der Waals surface area contributed by atoms with Crippen LogP contribution in [0.25, 0.3) is 0 Å². The van der Waals surface area contributed by atoms with Gasteiger partial charge in [0.05, 0.1) is 12.0 Å². The molecule has 0 bridgehead atoms. The number of likely N-dealkylation sites (N-methyl/N-ethyl adjacent to an activating group) is 1. The Kier molecular flexibility index (Phi) is 5.37.